The van der Waals surface area contributed by atoms with E-state index in [-0.39, 0.29) is 0 Å². The quantitative estimate of drug-likeness (QED) is 0.625. The second-order valence-corrected chi connectivity index (χ2v) is 5.79. The van der Waals surface area contributed by atoms with Gasteiger partial charge >= 0.3 is 0 Å². The molecule has 0 saturated heterocycles. The molecule has 0 aromatic heterocycles. The summed E-state index contributed by atoms with van der Waals surface area (Å²) in [6, 6.07) is 0. The zero-order chi connectivity index (χ0) is 11.4. The summed E-state index contributed by atoms with van der Waals surface area (Å²) >= 11 is 0. The lowest BCUT2D eigenvalue weighted by Gasteiger charge is -2.33. The molecule has 0 unspecified atom stereocenters. The van der Waals surface area contributed by atoms with E-state index < -0.39 is 10.1 Å². The lowest BCUT2D eigenvalue weighted by atomic mass is 9.81. The van der Waals surface area contributed by atoms with Gasteiger partial charge < -0.3 is 5.32 Å². The van der Waals surface area contributed by atoms with Gasteiger partial charge in [0, 0.05) is 5.54 Å². The Balaban J connectivity index is 0.000000195. The molecule has 4 nitrogen and oxygen atoms in total. The molecule has 1 fully saturated rings. The maximum Gasteiger partial charge on any atom is 0.261 e. The molecular formula is C10H19NO3S. The average molecular weight is 233 g/mol. The lowest BCUT2D eigenvalue weighted by Crippen LogP contribution is -2.40. The van der Waals surface area contributed by atoms with Crippen LogP contribution in [0.25, 0.3) is 0 Å². The fourth-order valence-electron chi connectivity index (χ4n) is 2.16. The van der Waals surface area contributed by atoms with E-state index in [1.165, 1.54) is 38.5 Å². The van der Waals surface area contributed by atoms with E-state index in [0.717, 1.165) is 0 Å². The molecule has 2 aliphatic rings. The third-order valence-electron chi connectivity index (χ3n) is 2.83. The molecule has 0 aromatic rings. The molecule has 1 aliphatic heterocycles. The predicted molar refractivity (Wildman–Crippen MR) is 60.2 cm³/mol. The van der Waals surface area contributed by atoms with Crippen molar-refractivity contribution in [1.82, 2.24) is 5.32 Å². The molecule has 0 bridgehead atoms. The second kappa shape index (κ2) is 4.99. The minimum atomic E-state index is -3.67. The molecule has 2 rings (SSSR count). The highest BCUT2D eigenvalue weighted by Crippen LogP contribution is 2.33. The fourth-order valence-corrected chi connectivity index (χ4v) is 2.16. The van der Waals surface area contributed by atoms with Crippen LogP contribution in [-0.2, 0) is 10.1 Å². The molecule has 1 saturated carbocycles. The maximum absolute atomic E-state index is 9.19. The Morgan fingerprint density at radius 3 is 2.20 bits per heavy atom. The van der Waals surface area contributed by atoms with Gasteiger partial charge in [0.25, 0.3) is 10.1 Å². The first-order valence-corrected chi connectivity index (χ1v) is 7.11. The monoisotopic (exact) mass is 233 g/mol. The molecule has 5 heteroatoms. The molecule has 15 heavy (non-hydrogen) atoms. The van der Waals surface area contributed by atoms with E-state index in [4.69, 9.17) is 4.55 Å². The van der Waals surface area contributed by atoms with Gasteiger partial charge in [-0.2, -0.15) is 8.42 Å². The first-order chi connectivity index (χ1) is 6.91. The van der Waals surface area contributed by atoms with Crippen LogP contribution in [0.5, 0.6) is 0 Å². The zero-order valence-electron chi connectivity index (χ0n) is 9.07. The van der Waals surface area contributed by atoms with Gasteiger partial charge in [-0.25, -0.2) is 0 Å². The van der Waals surface area contributed by atoms with E-state index >= 15 is 0 Å². The number of hydrogen-bond donors (Lipinski definition) is 2. The van der Waals surface area contributed by atoms with Crippen LogP contribution in [0.4, 0.5) is 0 Å². The molecule has 0 amide bonds. The van der Waals surface area contributed by atoms with Gasteiger partial charge in [0.05, 0.1) is 6.26 Å². The Hall–Kier alpha value is -0.550. The number of nitrogens with one attached hydrogen (secondary N) is 1. The predicted octanol–water partition coefficient (Wildman–Crippen LogP) is 1.70. The van der Waals surface area contributed by atoms with Crippen LogP contribution in [0.2, 0.25) is 0 Å². The topological polar surface area (TPSA) is 66.4 Å². The van der Waals surface area contributed by atoms with E-state index in [1.807, 2.05) is 0 Å². The Morgan fingerprint density at radius 2 is 1.80 bits per heavy atom. The Bertz CT molecular complexity index is 298. The van der Waals surface area contributed by atoms with Gasteiger partial charge in [-0.3, -0.25) is 4.55 Å². The van der Waals surface area contributed by atoms with Crippen molar-refractivity contribution >= 4 is 10.1 Å². The van der Waals surface area contributed by atoms with Crippen LogP contribution in [0.1, 0.15) is 38.5 Å². The van der Waals surface area contributed by atoms with Crippen molar-refractivity contribution in [3.8, 4) is 0 Å². The first-order valence-electron chi connectivity index (χ1n) is 5.27. The number of rotatable bonds is 0. The standard InChI is InChI=1S/C9H15N.CH4O3S/c1-2-5-9(6-3-1)7-4-8-10-9;1-5(2,3)4/h4,8,10H,1-3,5-7H2;1H3,(H,2,3,4). The highest BCUT2D eigenvalue weighted by atomic mass is 32.2. The third-order valence-corrected chi connectivity index (χ3v) is 2.83. The summed E-state index contributed by atoms with van der Waals surface area (Å²) in [5.74, 6) is 0. The molecule has 88 valence electrons. The maximum atomic E-state index is 9.19. The summed E-state index contributed by atoms with van der Waals surface area (Å²) in [6.07, 6.45) is 13.5. The first kappa shape index (κ1) is 12.5. The molecule has 0 radical (unpaired) electrons. The van der Waals surface area contributed by atoms with E-state index in [0.29, 0.717) is 11.8 Å². The fraction of sp³-hybridized carbons (Fsp3) is 0.800. The van der Waals surface area contributed by atoms with E-state index in [9.17, 15) is 8.42 Å². The smallest absolute Gasteiger partial charge is 0.261 e. The highest BCUT2D eigenvalue weighted by Gasteiger charge is 2.31. The second-order valence-electron chi connectivity index (χ2n) is 4.32. The van der Waals surface area contributed by atoms with Crippen LogP contribution in [0.3, 0.4) is 0 Å². The zero-order valence-corrected chi connectivity index (χ0v) is 9.89. The SMILES string of the molecule is C1=CNC2(C1)CCCCC2.CS(=O)(=O)O. The van der Waals surface area contributed by atoms with Crippen LogP contribution in [0.15, 0.2) is 12.3 Å². The largest absolute Gasteiger partial charge is 0.385 e. The van der Waals surface area contributed by atoms with Crippen molar-refractivity contribution in [3.05, 3.63) is 12.3 Å². The van der Waals surface area contributed by atoms with Crippen molar-refractivity contribution in [2.75, 3.05) is 6.26 Å². The summed E-state index contributed by atoms with van der Waals surface area (Å²) in [4.78, 5) is 0. The van der Waals surface area contributed by atoms with Crippen molar-refractivity contribution in [2.45, 2.75) is 44.1 Å². The van der Waals surface area contributed by atoms with Gasteiger partial charge in [0.1, 0.15) is 0 Å². The van der Waals surface area contributed by atoms with Gasteiger partial charge in [0.15, 0.2) is 0 Å². The molecule has 2 N–H and O–H groups in total. The van der Waals surface area contributed by atoms with Crippen molar-refractivity contribution < 1.29 is 13.0 Å². The molecule has 1 heterocycles. The molecule has 0 atom stereocenters. The summed E-state index contributed by atoms with van der Waals surface area (Å²) < 4.78 is 25.9. The molecule has 1 spiro atoms. The minimum absolute atomic E-state index is 0.512. The van der Waals surface area contributed by atoms with Crippen molar-refractivity contribution in [2.24, 2.45) is 0 Å². The molecular weight excluding hydrogens is 214 g/mol. The lowest BCUT2D eigenvalue weighted by molar-refractivity contribution is 0.272. The van der Waals surface area contributed by atoms with Crippen LogP contribution in [-0.4, -0.2) is 24.8 Å². The van der Waals surface area contributed by atoms with Gasteiger partial charge in [-0.15, -0.1) is 0 Å². The van der Waals surface area contributed by atoms with E-state index in [1.54, 1.807) is 0 Å². The van der Waals surface area contributed by atoms with E-state index in [2.05, 4.69) is 17.6 Å². The molecule has 0 aromatic carbocycles. The van der Waals surface area contributed by atoms with Crippen molar-refractivity contribution in [1.29, 1.82) is 0 Å². The Morgan fingerprint density at radius 1 is 1.27 bits per heavy atom. The number of hydrogen-bond acceptors (Lipinski definition) is 3. The summed E-state index contributed by atoms with van der Waals surface area (Å²) in [7, 11) is -3.67. The van der Waals surface area contributed by atoms with Gasteiger partial charge in [-0.05, 0) is 25.5 Å². The van der Waals surface area contributed by atoms with Gasteiger partial charge in [-0.1, -0.05) is 25.3 Å². The Labute approximate surface area is 91.5 Å². The van der Waals surface area contributed by atoms with Crippen LogP contribution < -0.4 is 5.32 Å². The average Bonchev–Trinajstić information content (AvgIpc) is 2.52. The summed E-state index contributed by atoms with van der Waals surface area (Å²) in [6.45, 7) is 0. The minimum Gasteiger partial charge on any atom is -0.385 e. The van der Waals surface area contributed by atoms with Gasteiger partial charge in [0.2, 0.25) is 0 Å². The third kappa shape index (κ3) is 5.18. The summed E-state index contributed by atoms with van der Waals surface area (Å²) in [5.41, 5.74) is 0.512. The van der Waals surface area contributed by atoms with Crippen LogP contribution in [0, 0.1) is 0 Å². The normalized spacial score (nSPS) is 23.1. The van der Waals surface area contributed by atoms with Crippen LogP contribution >= 0.6 is 0 Å². The Kier molecular flexibility index (Phi) is 4.16. The molecule has 1 aliphatic carbocycles. The van der Waals surface area contributed by atoms with Crippen molar-refractivity contribution in [3.63, 3.8) is 0 Å². The summed E-state index contributed by atoms with van der Waals surface area (Å²) in [5, 5.41) is 3.49. The highest BCUT2D eigenvalue weighted by molar-refractivity contribution is 7.85.